The molecular formula is C19H22F3N7O3S. The van der Waals surface area contributed by atoms with Crippen LogP contribution in [0.2, 0.25) is 0 Å². The van der Waals surface area contributed by atoms with Crippen LogP contribution < -0.4 is 10.7 Å². The average molecular weight is 485 g/mol. The van der Waals surface area contributed by atoms with Crippen molar-refractivity contribution in [1.29, 1.82) is 5.26 Å². The second-order valence-corrected chi connectivity index (χ2v) is 8.58. The first-order valence-corrected chi connectivity index (χ1v) is 10.9. The number of amides is 2. The quantitative estimate of drug-likeness (QED) is 0.537. The summed E-state index contributed by atoms with van der Waals surface area (Å²) in [7, 11) is 0. The molecule has 3 heterocycles. The molecule has 10 nitrogen and oxygen atoms in total. The highest BCUT2D eigenvalue weighted by Gasteiger charge is 2.49. The fourth-order valence-electron chi connectivity index (χ4n) is 3.39. The maximum absolute atomic E-state index is 13.1. The summed E-state index contributed by atoms with van der Waals surface area (Å²) >= 11 is 1.25. The predicted molar refractivity (Wildman–Crippen MR) is 114 cm³/mol. The lowest BCUT2D eigenvalue weighted by atomic mass is 10.0. The van der Waals surface area contributed by atoms with Gasteiger partial charge >= 0.3 is 6.18 Å². The van der Waals surface area contributed by atoms with Crippen molar-refractivity contribution in [3.63, 3.8) is 0 Å². The van der Waals surface area contributed by atoms with Crippen LogP contribution in [-0.4, -0.2) is 78.2 Å². The molecule has 0 bridgehead atoms. The molecule has 2 aliphatic rings. The van der Waals surface area contributed by atoms with E-state index >= 15 is 0 Å². The number of nitriles is 1. The maximum Gasteiger partial charge on any atom is 0.406 e. The van der Waals surface area contributed by atoms with Gasteiger partial charge in [-0.25, -0.2) is 10.4 Å². The van der Waals surface area contributed by atoms with Gasteiger partial charge in [-0.15, -0.1) is 0 Å². The molecule has 1 fully saturated rings. The van der Waals surface area contributed by atoms with Crippen LogP contribution in [0.1, 0.15) is 24.6 Å². The van der Waals surface area contributed by atoms with E-state index in [1.807, 2.05) is 6.07 Å². The summed E-state index contributed by atoms with van der Waals surface area (Å²) in [6.07, 6.45) is -1.53. The van der Waals surface area contributed by atoms with Crippen molar-refractivity contribution in [3.8, 4) is 6.07 Å². The van der Waals surface area contributed by atoms with Crippen LogP contribution in [0.15, 0.2) is 16.3 Å². The van der Waals surface area contributed by atoms with Crippen LogP contribution in [0.25, 0.3) is 0 Å². The molecule has 14 heteroatoms. The van der Waals surface area contributed by atoms with Crippen LogP contribution in [0.3, 0.4) is 0 Å². The number of hydrogen-bond acceptors (Lipinski definition) is 9. The number of alkyl halides is 3. The lowest BCUT2D eigenvalue weighted by Crippen LogP contribution is -2.47. The van der Waals surface area contributed by atoms with Gasteiger partial charge in [-0.1, -0.05) is 11.3 Å². The normalized spacial score (nSPS) is 22.8. The summed E-state index contributed by atoms with van der Waals surface area (Å²) in [6, 6.07) is 1.41. The number of carbonyl (C=O) groups is 2. The molecule has 33 heavy (non-hydrogen) atoms. The van der Waals surface area contributed by atoms with Crippen LogP contribution in [0.5, 0.6) is 0 Å². The Morgan fingerprint density at radius 1 is 1.55 bits per heavy atom. The fraction of sp³-hybridized carbons (Fsp3) is 0.579. The molecule has 0 aliphatic carbocycles. The zero-order chi connectivity index (χ0) is 24.0. The second-order valence-electron chi connectivity index (χ2n) is 7.55. The number of aliphatic imine (C=N–C) groups is 1. The third-order valence-electron chi connectivity index (χ3n) is 4.93. The molecule has 2 aliphatic heterocycles. The number of thiazole rings is 1. The summed E-state index contributed by atoms with van der Waals surface area (Å²) in [5.74, 6) is -3.74. The summed E-state index contributed by atoms with van der Waals surface area (Å²) in [4.78, 5) is 34.2. The SMILES string of the molecule is C[C@@H](COCCC(=O)N1CCC(Nc2ncc(C#N)s2)C1)N=C1C=NNC(=O)C1C(F)(F)F. The predicted octanol–water partition coefficient (Wildman–Crippen LogP) is 1.56. The molecule has 0 aromatic carbocycles. The van der Waals surface area contributed by atoms with Crippen molar-refractivity contribution in [2.24, 2.45) is 16.0 Å². The van der Waals surface area contributed by atoms with Crippen LogP contribution in [-0.2, 0) is 14.3 Å². The van der Waals surface area contributed by atoms with Crippen LogP contribution >= 0.6 is 11.3 Å². The van der Waals surface area contributed by atoms with Gasteiger partial charge in [-0.2, -0.15) is 23.5 Å². The van der Waals surface area contributed by atoms with Gasteiger partial charge in [-0.3, -0.25) is 14.6 Å². The zero-order valence-corrected chi connectivity index (χ0v) is 18.4. The number of ether oxygens (including phenoxy) is 1. The fourth-order valence-corrected chi connectivity index (χ4v) is 4.08. The first-order valence-electron chi connectivity index (χ1n) is 10.1. The van der Waals surface area contributed by atoms with E-state index in [2.05, 4.69) is 20.4 Å². The van der Waals surface area contributed by atoms with E-state index < -0.39 is 29.8 Å². The number of nitrogens with one attached hydrogen (secondary N) is 2. The molecule has 2 unspecified atom stereocenters. The largest absolute Gasteiger partial charge is 0.406 e. The van der Waals surface area contributed by atoms with Gasteiger partial charge in [-0.05, 0) is 13.3 Å². The van der Waals surface area contributed by atoms with Gasteiger partial charge in [0, 0.05) is 19.1 Å². The van der Waals surface area contributed by atoms with Gasteiger partial charge in [0.05, 0.1) is 43.8 Å². The Balaban J connectivity index is 1.40. The van der Waals surface area contributed by atoms with Crippen molar-refractivity contribution in [1.82, 2.24) is 15.3 Å². The highest BCUT2D eigenvalue weighted by atomic mass is 32.1. The molecule has 0 saturated carbocycles. The molecule has 1 aromatic heterocycles. The Kier molecular flexibility index (Phi) is 7.98. The van der Waals surface area contributed by atoms with Crippen molar-refractivity contribution in [2.75, 3.05) is 31.6 Å². The Labute approximate surface area is 191 Å². The Morgan fingerprint density at radius 3 is 3.03 bits per heavy atom. The molecule has 2 amide bonds. The zero-order valence-electron chi connectivity index (χ0n) is 17.6. The van der Waals surface area contributed by atoms with E-state index in [0.29, 0.717) is 23.1 Å². The maximum atomic E-state index is 13.1. The number of aromatic nitrogens is 1. The van der Waals surface area contributed by atoms with Crippen molar-refractivity contribution >= 4 is 40.2 Å². The molecule has 3 atom stereocenters. The Morgan fingerprint density at radius 2 is 2.33 bits per heavy atom. The average Bonchev–Trinajstić information content (AvgIpc) is 3.40. The van der Waals surface area contributed by atoms with E-state index in [4.69, 9.17) is 10.00 Å². The van der Waals surface area contributed by atoms with Crippen LogP contribution in [0.4, 0.5) is 18.3 Å². The third kappa shape index (κ3) is 6.72. The Hall–Kier alpha value is -3.05. The number of halogens is 3. The first kappa shape index (κ1) is 24.6. The summed E-state index contributed by atoms with van der Waals surface area (Å²) in [5, 5.41) is 16.1. The first-order chi connectivity index (χ1) is 15.7. The number of hydrogen-bond donors (Lipinski definition) is 2. The van der Waals surface area contributed by atoms with Crippen molar-refractivity contribution in [2.45, 2.75) is 38.0 Å². The minimum absolute atomic E-state index is 0.00767. The minimum Gasteiger partial charge on any atom is -0.379 e. The smallest absolute Gasteiger partial charge is 0.379 e. The number of rotatable bonds is 8. The molecular weight excluding hydrogens is 463 g/mol. The van der Waals surface area contributed by atoms with Crippen molar-refractivity contribution in [3.05, 3.63) is 11.1 Å². The highest BCUT2D eigenvalue weighted by molar-refractivity contribution is 7.16. The number of anilines is 1. The molecule has 0 spiro atoms. The van der Waals surface area contributed by atoms with Gasteiger partial charge in [0.25, 0.3) is 5.91 Å². The third-order valence-corrected chi connectivity index (χ3v) is 5.76. The lowest BCUT2D eigenvalue weighted by Gasteiger charge is -2.22. The number of hydrazone groups is 1. The van der Waals surface area contributed by atoms with Gasteiger partial charge in [0.2, 0.25) is 5.91 Å². The highest BCUT2D eigenvalue weighted by Crippen LogP contribution is 2.29. The molecule has 1 saturated heterocycles. The summed E-state index contributed by atoms with van der Waals surface area (Å²) in [6.45, 7) is 2.72. The lowest BCUT2D eigenvalue weighted by molar-refractivity contribution is -0.168. The molecule has 1 aromatic rings. The number of likely N-dealkylation sites (tertiary alicyclic amines) is 1. The van der Waals surface area contributed by atoms with E-state index in [1.54, 1.807) is 17.2 Å². The van der Waals surface area contributed by atoms with Gasteiger partial charge < -0.3 is 15.0 Å². The van der Waals surface area contributed by atoms with E-state index in [0.717, 1.165) is 12.6 Å². The second kappa shape index (κ2) is 10.7. The molecule has 178 valence electrons. The summed E-state index contributed by atoms with van der Waals surface area (Å²) in [5.41, 5.74) is 1.31. The minimum atomic E-state index is -4.78. The van der Waals surface area contributed by atoms with Crippen LogP contribution in [0, 0.1) is 17.2 Å². The van der Waals surface area contributed by atoms with Crippen molar-refractivity contribution < 1.29 is 27.5 Å². The number of nitrogens with zero attached hydrogens (tertiary/aromatic N) is 5. The summed E-state index contributed by atoms with van der Waals surface area (Å²) < 4.78 is 44.7. The topological polar surface area (TPSA) is 132 Å². The van der Waals surface area contributed by atoms with E-state index in [1.165, 1.54) is 17.5 Å². The monoisotopic (exact) mass is 485 g/mol. The molecule has 2 N–H and O–H groups in total. The van der Waals surface area contributed by atoms with E-state index in [-0.39, 0.29) is 31.6 Å². The molecule has 3 rings (SSSR count). The standard InChI is InChI=1S/C19H22F3N7O3S/c1-11(26-14-8-25-28-17(31)16(14)19(20,21)22)10-32-5-3-15(30)29-4-2-12(9-29)27-18-24-7-13(6-23)33-18/h7-8,11-12,16H,2-5,9-10H2,1H3,(H,24,27)(H,28,31)/t11-,12?,16?/m0/s1. The van der Waals surface area contributed by atoms with Gasteiger partial charge in [0.15, 0.2) is 11.0 Å². The Bertz CT molecular complexity index is 973. The van der Waals surface area contributed by atoms with Gasteiger partial charge in [0.1, 0.15) is 10.9 Å². The number of carbonyl (C=O) groups excluding carboxylic acids is 2. The van der Waals surface area contributed by atoms with E-state index in [9.17, 15) is 22.8 Å². The molecule has 0 radical (unpaired) electrons.